The van der Waals surface area contributed by atoms with Crippen molar-refractivity contribution in [3.63, 3.8) is 0 Å². The molecule has 1 atom stereocenters. The highest BCUT2D eigenvalue weighted by Crippen LogP contribution is 2.33. The van der Waals surface area contributed by atoms with Crippen LogP contribution in [0.15, 0.2) is 17.0 Å². The predicted molar refractivity (Wildman–Crippen MR) is 70.2 cm³/mol. The Kier molecular flexibility index (Phi) is 3.29. The normalized spacial score (nSPS) is 27.0. The van der Waals surface area contributed by atoms with Gasteiger partial charge in [0.15, 0.2) is 5.92 Å². The van der Waals surface area contributed by atoms with Gasteiger partial charge < -0.3 is 10.6 Å². The van der Waals surface area contributed by atoms with Crippen molar-refractivity contribution < 1.29 is 14.0 Å². The second kappa shape index (κ2) is 4.97. The molecule has 2 fully saturated rings. The molecule has 3 rings (SSSR count). The van der Waals surface area contributed by atoms with Crippen LogP contribution in [0, 0.1) is 5.92 Å². The van der Waals surface area contributed by atoms with Gasteiger partial charge in [0.1, 0.15) is 0 Å². The summed E-state index contributed by atoms with van der Waals surface area (Å²) >= 11 is 0. The van der Waals surface area contributed by atoms with Gasteiger partial charge >= 0.3 is 0 Å². The highest BCUT2D eigenvalue weighted by molar-refractivity contribution is 6.23. The summed E-state index contributed by atoms with van der Waals surface area (Å²) in [6, 6.07) is 0.302. The number of halogens is 1. The Labute approximate surface area is 116 Å². The summed E-state index contributed by atoms with van der Waals surface area (Å²) < 4.78 is 12.6. The number of hydrogen-bond donors (Lipinski definition) is 1. The van der Waals surface area contributed by atoms with E-state index in [0.29, 0.717) is 31.0 Å². The van der Waals surface area contributed by atoms with Gasteiger partial charge in [0.2, 0.25) is 5.91 Å². The minimum absolute atomic E-state index is 0.0164. The van der Waals surface area contributed by atoms with Crippen LogP contribution in [0.3, 0.4) is 0 Å². The van der Waals surface area contributed by atoms with Crippen LogP contribution < -0.4 is 5.73 Å². The molecule has 3 aliphatic rings. The SMILES string of the molecule is NC/C(=C\F)CN1N=C2CCN(C3CC3)C(=O)C2C1=O. The largest absolute Gasteiger partial charge is 0.338 e. The van der Waals surface area contributed by atoms with Gasteiger partial charge in [-0.05, 0) is 18.4 Å². The molecule has 1 saturated heterocycles. The zero-order chi connectivity index (χ0) is 14.3. The van der Waals surface area contributed by atoms with Crippen LogP contribution in [0.5, 0.6) is 0 Å². The molecule has 1 aliphatic carbocycles. The van der Waals surface area contributed by atoms with Crippen molar-refractivity contribution in [2.45, 2.75) is 25.3 Å². The lowest BCUT2D eigenvalue weighted by atomic mass is 9.94. The topological polar surface area (TPSA) is 79.0 Å². The van der Waals surface area contributed by atoms with Gasteiger partial charge in [-0.3, -0.25) is 9.59 Å². The number of rotatable bonds is 4. The first-order chi connectivity index (χ1) is 9.65. The number of fused-ring (bicyclic) bond motifs is 1. The van der Waals surface area contributed by atoms with Gasteiger partial charge in [0, 0.05) is 25.6 Å². The van der Waals surface area contributed by atoms with Crippen LogP contribution in [0.2, 0.25) is 0 Å². The number of likely N-dealkylation sites (tertiary alicyclic amines) is 1. The average Bonchev–Trinajstić information content (AvgIpc) is 3.22. The lowest BCUT2D eigenvalue weighted by molar-refractivity contribution is -0.143. The molecular weight excluding hydrogens is 263 g/mol. The molecule has 0 spiro atoms. The number of nitrogens with two attached hydrogens (primary N) is 1. The molecule has 1 saturated carbocycles. The van der Waals surface area contributed by atoms with E-state index in [0.717, 1.165) is 12.8 Å². The summed E-state index contributed by atoms with van der Waals surface area (Å²) in [5, 5.41) is 5.35. The van der Waals surface area contributed by atoms with Crippen LogP contribution in [-0.2, 0) is 9.59 Å². The van der Waals surface area contributed by atoms with Crippen molar-refractivity contribution in [3.05, 3.63) is 11.9 Å². The fraction of sp³-hybridized carbons (Fsp3) is 0.615. The Morgan fingerprint density at radius 2 is 2.15 bits per heavy atom. The summed E-state index contributed by atoms with van der Waals surface area (Å²) in [4.78, 5) is 26.4. The van der Waals surface area contributed by atoms with Crippen molar-refractivity contribution in [1.82, 2.24) is 9.91 Å². The Hall–Kier alpha value is -1.76. The van der Waals surface area contributed by atoms with E-state index in [1.807, 2.05) is 0 Å². The Morgan fingerprint density at radius 1 is 1.40 bits per heavy atom. The summed E-state index contributed by atoms with van der Waals surface area (Å²) in [6.45, 7) is 0.670. The summed E-state index contributed by atoms with van der Waals surface area (Å²) in [7, 11) is 0. The van der Waals surface area contributed by atoms with Gasteiger partial charge in [0.25, 0.3) is 5.91 Å². The number of nitrogens with zero attached hydrogens (tertiary/aromatic N) is 3. The van der Waals surface area contributed by atoms with Gasteiger partial charge in [-0.25, -0.2) is 9.40 Å². The highest BCUT2D eigenvalue weighted by atomic mass is 19.1. The third-order valence-corrected chi connectivity index (χ3v) is 3.98. The van der Waals surface area contributed by atoms with E-state index in [-0.39, 0.29) is 30.5 Å². The summed E-state index contributed by atoms with van der Waals surface area (Å²) in [6.07, 6.45) is 3.05. The number of carbonyl (C=O) groups excluding carboxylic acids is 2. The van der Waals surface area contributed by atoms with Crippen LogP contribution >= 0.6 is 0 Å². The monoisotopic (exact) mass is 280 g/mol. The molecule has 7 heteroatoms. The first-order valence-corrected chi connectivity index (χ1v) is 6.83. The third kappa shape index (κ3) is 2.11. The number of hydrazone groups is 1. The molecule has 2 amide bonds. The van der Waals surface area contributed by atoms with Gasteiger partial charge in [-0.1, -0.05) is 0 Å². The molecule has 2 aliphatic heterocycles. The van der Waals surface area contributed by atoms with Gasteiger partial charge in [0.05, 0.1) is 18.6 Å². The molecule has 0 aromatic carbocycles. The predicted octanol–water partition coefficient (Wildman–Crippen LogP) is 0.00760. The van der Waals surface area contributed by atoms with Gasteiger partial charge in [-0.2, -0.15) is 5.10 Å². The van der Waals surface area contributed by atoms with Crippen LogP contribution in [-0.4, -0.2) is 53.1 Å². The minimum atomic E-state index is -0.789. The molecule has 0 radical (unpaired) electrons. The second-order valence-corrected chi connectivity index (χ2v) is 5.40. The van der Waals surface area contributed by atoms with Crippen LogP contribution in [0.4, 0.5) is 4.39 Å². The number of carbonyl (C=O) groups is 2. The van der Waals surface area contributed by atoms with Gasteiger partial charge in [-0.15, -0.1) is 0 Å². The molecule has 6 nitrogen and oxygen atoms in total. The fourth-order valence-electron chi connectivity index (χ4n) is 2.71. The van der Waals surface area contributed by atoms with E-state index < -0.39 is 5.92 Å². The lowest BCUT2D eigenvalue weighted by Crippen LogP contribution is -2.49. The molecule has 20 heavy (non-hydrogen) atoms. The first kappa shape index (κ1) is 13.2. The maximum atomic E-state index is 12.6. The smallest absolute Gasteiger partial charge is 0.261 e. The standard InChI is InChI=1S/C13H17FN4O2/c14-5-8(6-15)7-18-13(20)11-10(16-18)3-4-17(12(11)19)9-1-2-9/h5,9,11H,1-4,6-7,15H2/b8-5+. The molecule has 0 aromatic heterocycles. The maximum Gasteiger partial charge on any atom is 0.261 e. The van der Waals surface area contributed by atoms with Crippen molar-refractivity contribution in [2.24, 2.45) is 16.8 Å². The van der Waals surface area contributed by atoms with Crippen molar-refractivity contribution in [1.29, 1.82) is 0 Å². The van der Waals surface area contributed by atoms with E-state index in [1.165, 1.54) is 5.01 Å². The fourth-order valence-corrected chi connectivity index (χ4v) is 2.71. The van der Waals surface area contributed by atoms with Crippen molar-refractivity contribution >= 4 is 17.5 Å². The van der Waals surface area contributed by atoms with Crippen LogP contribution in [0.25, 0.3) is 0 Å². The molecule has 2 heterocycles. The number of amides is 2. The maximum absolute atomic E-state index is 12.6. The van der Waals surface area contributed by atoms with Crippen molar-refractivity contribution in [2.75, 3.05) is 19.6 Å². The van der Waals surface area contributed by atoms with Crippen LogP contribution in [0.1, 0.15) is 19.3 Å². The molecule has 0 aromatic rings. The Bertz CT molecular complexity index is 513. The third-order valence-electron chi connectivity index (χ3n) is 3.98. The van der Waals surface area contributed by atoms with E-state index >= 15 is 0 Å². The molecule has 0 bridgehead atoms. The minimum Gasteiger partial charge on any atom is -0.338 e. The average molecular weight is 280 g/mol. The molecule has 108 valence electrons. The quantitative estimate of drug-likeness (QED) is 0.737. The zero-order valence-electron chi connectivity index (χ0n) is 11.1. The summed E-state index contributed by atoms with van der Waals surface area (Å²) in [5.41, 5.74) is 6.27. The summed E-state index contributed by atoms with van der Waals surface area (Å²) in [5.74, 6) is -1.30. The Balaban J connectivity index is 1.76. The highest BCUT2D eigenvalue weighted by Gasteiger charge is 2.48. The molecule has 1 unspecified atom stereocenters. The lowest BCUT2D eigenvalue weighted by Gasteiger charge is -2.29. The van der Waals surface area contributed by atoms with E-state index in [9.17, 15) is 14.0 Å². The van der Waals surface area contributed by atoms with Crippen molar-refractivity contribution in [3.8, 4) is 0 Å². The van der Waals surface area contributed by atoms with E-state index in [4.69, 9.17) is 5.73 Å². The molecular formula is C13H17FN4O2. The second-order valence-electron chi connectivity index (χ2n) is 5.40. The number of hydrogen-bond acceptors (Lipinski definition) is 4. The zero-order valence-corrected chi connectivity index (χ0v) is 11.1. The first-order valence-electron chi connectivity index (χ1n) is 6.83. The van der Waals surface area contributed by atoms with E-state index in [2.05, 4.69) is 5.10 Å². The number of piperidine rings is 1. The molecule has 2 N–H and O–H groups in total. The van der Waals surface area contributed by atoms with E-state index in [1.54, 1.807) is 4.90 Å². The Morgan fingerprint density at radius 3 is 2.75 bits per heavy atom.